The van der Waals surface area contributed by atoms with Crippen LogP contribution in [0.1, 0.15) is 42.0 Å². The maximum Gasteiger partial charge on any atom is 0.354 e. The molecule has 4 aromatic heterocycles. The number of halogens is 1. The van der Waals surface area contributed by atoms with Crippen molar-refractivity contribution < 1.29 is 28.7 Å². The molecular formula is C26H31IN6O6. The molecule has 0 bridgehead atoms. The molecule has 4 aromatic rings. The number of aryl methyl sites for hydroxylation is 4. The number of primary amides is 1. The van der Waals surface area contributed by atoms with Crippen LogP contribution in [0.25, 0.3) is 0 Å². The van der Waals surface area contributed by atoms with Gasteiger partial charge in [0.25, 0.3) is 11.8 Å². The van der Waals surface area contributed by atoms with Gasteiger partial charge in [0.1, 0.15) is 22.8 Å². The molecule has 0 aromatic carbocycles. The van der Waals surface area contributed by atoms with E-state index in [1.165, 1.54) is 14.2 Å². The smallest absolute Gasteiger partial charge is 0.354 e. The van der Waals surface area contributed by atoms with E-state index in [4.69, 9.17) is 5.73 Å². The Bertz CT molecular complexity index is 1460. The molecule has 3 N–H and O–H groups in total. The van der Waals surface area contributed by atoms with Gasteiger partial charge in [-0.3, -0.25) is 9.59 Å². The van der Waals surface area contributed by atoms with Crippen LogP contribution in [0.2, 0.25) is 0 Å². The van der Waals surface area contributed by atoms with Crippen LogP contribution in [-0.2, 0) is 37.7 Å². The molecule has 12 nitrogen and oxygen atoms in total. The fraction of sp³-hybridized carbons (Fsp3) is 0.231. The molecule has 0 atom stereocenters. The SMILES string of the molecule is COC(=O)c1cc(I)cn1C.COC(=O)c1cc(NC(=O)c2cccn2C)cn1C.Cn1cccc1C(N)=O. The molecule has 4 rings (SSSR count). The highest BCUT2D eigenvalue weighted by Gasteiger charge is 2.15. The fourth-order valence-corrected chi connectivity index (χ4v) is 4.09. The molecule has 0 aliphatic carbocycles. The van der Waals surface area contributed by atoms with Gasteiger partial charge in [0.15, 0.2) is 0 Å². The summed E-state index contributed by atoms with van der Waals surface area (Å²) in [6.07, 6.45) is 7.10. The average molecular weight is 650 g/mol. The van der Waals surface area contributed by atoms with E-state index in [0.29, 0.717) is 28.5 Å². The molecule has 0 fully saturated rings. The van der Waals surface area contributed by atoms with Crippen LogP contribution < -0.4 is 11.1 Å². The van der Waals surface area contributed by atoms with Gasteiger partial charge in [0.05, 0.1) is 19.9 Å². The van der Waals surface area contributed by atoms with Gasteiger partial charge in [-0.15, -0.1) is 0 Å². The van der Waals surface area contributed by atoms with Crippen molar-refractivity contribution in [2.24, 2.45) is 33.9 Å². The van der Waals surface area contributed by atoms with E-state index in [9.17, 15) is 19.2 Å². The minimum atomic E-state index is -0.443. The van der Waals surface area contributed by atoms with Crippen LogP contribution in [0.15, 0.2) is 61.2 Å². The summed E-state index contributed by atoms with van der Waals surface area (Å²) in [6.45, 7) is 0. The zero-order valence-corrected chi connectivity index (χ0v) is 24.6. The molecule has 2 amide bonds. The third kappa shape index (κ3) is 8.36. The topological polar surface area (TPSA) is 145 Å². The Kier molecular flexibility index (Phi) is 11.1. The van der Waals surface area contributed by atoms with Gasteiger partial charge >= 0.3 is 11.9 Å². The Hall–Kier alpha value is -4.27. The largest absolute Gasteiger partial charge is 0.464 e. The molecule has 208 valence electrons. The van der Waals surface area contributed by atoms with E-state index in [1.54, 1.807) is 94.4 Å². The second-order valence-electron chi connectivity index (χ2n) is 8.19. The number of nitrogens with two attached hydrogens (primary N) is 1. The maximum absolute atomic E-state index is 12.0. The first-order valence-electron chi connectivity index (χ1n) is 11.4. The molecule has 13 heteroatoms. The molecule has 0 radical (unpaired) electrons. The van der Waals surface area contributed by atoms with Crippen molar-refractivity contribution in [3.8, 4) is 0 Å². The number of hydrogen-bond donors (Lipinski definition) is 2. The van der Waals surface area contributed by atoms with Gasteiger partial charge in [-0.25, -0.2) is 9.59 Å². The summed E-state index contributed by atoms with van der Waals surface area (Å²) in [6, 6.07) is 10.3. The lowest BCUT2D eigenvalue weighted by atomic mass is 10.3. The summed E-state index contributed by atoms with van der Waals surface area (Å²) in [5.41, 5.74) is 7.59. The van der Waals surface area contributed by atoms with Crippen molar-refractivity contribution in [1.29, 1.82) is 0 Å². The number of anilines is 1. The first kappa shape index (κ1) is 31.0. The molecule has 0 saturated heterocycles. The third-order valence-electron chi connectivity index (χ3n) is 5.40. The molecule has 39 heavy (non-hydrogen) atoms. The van der Waals surface area contributed by atoms with E-state index in [2.05, 4.69) is 37.4 Å². The number of nitrogens with zero attached hydrogens (tertiary/aromatic N) is 4. The number of carbonyl (C=O) groups is 4. The fourth-order valence-electron chi connectivity index (χ4n) is 3.38. The van der Waals surface area contributed by atoms with Gasteiger partial charge in [0.2, 0.25) is 0 Å². The first-order valence-corrected chi connectivity index (χ1v) is 12.5. The summed E-state index contributed by atoms with van der Waals surface area (Å²) < 4.78 is 17.0. The highest BCUT2D eigenvalue weighted by Crippen LogP contribution is 2.15. The first-order chi connectivity index (χ1) is 18.4. The standard InChI is InChI=1S/C13H15N3O3.C7H8INO2.C6H8N2O/c1-15-6-4-5-10(15)12(17)14-9-7-11(13(18)19-3)16(2)8-9;1-9-4-5(8)3-6(9)7(10)11-2;1-8-4-2-3-5(8)6(7)9/h4-8H,1-3H3,(H,14,17);3-4H,1-2H3;2-4H,1H3,(H2,7,9). The lowest BCUT2D eigenvalue weighted by molar-refractivity contribution is 0.0581. The summed E-state index contributed by atoms with van der Waals surface area (Å²) in [5.74, 6) is -1.35. The molecule has 0 spiro atoms. The number of nitrogens with one attached hydrogen (secondary N) is 1. The number of esters is 2. The van der Waals surface area contributed by atoms with E-state index in [0.717, 1.165) is 3.57 Å². The van der Waals surface area contributed by atoms with E-state index >= 15 is 0 Å². The Morgan fingerprint density at radius 3 is 1.62 bits per heavy atom. The van der Waals surface area contributed by atoms with Crippen molar-refractivity contribution in [3.63, 3.8) is 0 Å². The Morgan fingerprint density at radius 2 is 1.23 bits per heavy atom. The Morgan fingerprint density at radius 1 is 0.744 bits per heavy atom. The molecule has 0 aliphatic rings. The predicted octanol–water partition coefficient (Wildman–Crippen LogP) is 2.94. The highest BCUT2D eigenvalue weighted by molar-refractivity contribution is 14.1. The molecule has 0 saturated carbocycles. The van der Waals surface area contributed by atoms with Gasteiger partial charge in [-0.1, -0.05) is 0 Å². The zero-order valence-electron chi connectivity index (χ0n) is 22.5. The lowest BCUT2D eigenvalue weighted by Crippen LogP contribution is -2.14. The summed E-state index contributed by atoms with van der Waals surface area (Å²) in [7, 11) is 9.79. The van der Waals surface area contributed by atoms with Crippen LogP contribution in [0.3, 0.4) is 0 Å². The molecule has 0 unspecified atom stereocenters. The Labute approximate surface area is 239 Å². The van der Waals surface area contributed by atoms with E-state index < -0.39 is 5.97 Å². The molecule has 4 heterocycles. The van der Waals surface area contributed by atoms with Crippen molar-refractivity contribution in [3.05, 3.63) is 87.5 Å². The van der Waals surface area contributed by atoms with Crippen molar-refractivity contribution in [2.75, 3.05) is 19.5 Å². The normalized spacial score (nSPS) is 9.92. The van der Waals surface area contributed by atoms with Crippen LogP contribution in [0.4, 0.5) is 5.69 Å². The van der Waals surface area contributed by atoms with E-state index in [-0.39, 0.29) is 17.8 Å². The number of amides is 2. The van der Waals surface area contributed by atoms with Crippen molar-refractivity contribution in [1.82, 2.24) is 18.3 Å². The maximum atomic E-state index is 12.0. The van der Waals surface area contributed by atoms with Crippen LogP contribution in [0, 0.1) is 3.57 Å². The summed E-state index contributed by atoms with van der Waals surface area (Å²) in [5, 5.41) is 2.74. The minimum Gasteiger partial charge on any atom is -0.464 e. The quantitative estimate of drug-likeness (QED) is 0.251. The summed E-state index contributed by atoms with van der Waals surface area (Å²) in [4.78, 5) is 44.9. The van der Waals surface area contributed by atoms with Crippen molar-refractivity contribution >= 4 is 52.0 Å². The number of hydrogen-bond acceptors (Lipinski definition) is 6. The predicted molar refractivity (Wildman–Crippen MR) is 154 cm³/mol. The lowest BCUT2D eigenvalue weighted by Gasteiger charge is -2.03. The minimum absolute atomic E-state index is 0.227. The highest BCUT2D eigenvalue weighted by atomic mass is 127. The number of carbonyl (C=O) groups excluding carboxylic acids is 4. The van der Waals surface area contributed by atoms with Crippen LogP contribution in [0.5, 0.6) is 0 Å². The molecule has 0 aliphatic heterocycles. The number of aromatic nitrogens is 4. The van der Waals surface area contributed by atoms with E-state index in [1.807, 2.05) is 13.2 Å². The molecular weight excluding hydrogens is 619 g/mol. The second kappa shape index (κ2) is 14.0. The Balaban J connectivity index is 0.000000226. The van der Waals surface area contributed by atoms with Gasteiger partial charge in [0, 0.05) is 56.5 Å². The number of ether oxygens (including phenoxy) is 2. The van der Waals surface area contributed by atoms with Gasteiger partial charge in [-0.2, -0.15) is 0 Å². The third-order valence-corrected chi connectivity index (χ3v) is 5.99. The van der Waals surface area contributed by atoms with Crippen molar-refractivity contribution in [2.45, 2.75) is 0 Å². The summed E-state index contributed by atoms with van der Waals surface area (Å²) >= 11 is 2.15. The second-order valence-corrected chi connectivity index (χ2v) is 9.44. The zero-order chi connectivity index (χ0) is 29.3. The van der Waals surface area contributed by atoms with Crippen LogP contribution >= 0.6 is 22.6 Å². The monoisotopic (exact) mass is 650 g/mol. The number of rotatable bonds is 5. The van der Waals surface area contributed by atoms with Crippen LogP contribution in [-0.4, -0.2) is 56.2 Å². The van der Waals surface area contributed by atoms with Gasteiger partial charge < -0.3 is 38.8 Å². The average Bonchev–Trinajstić information content (AvgIpc) is 3.67. The number of methoxy groups -OCH3 is 2. The van der Waals surface area contributed by atoms with Gasteiger partial charge in [-0.05, 0) is 59.0 Å².